The van der Waals surface area contributed by atoms with Gasteiger partial charge in [-0.3, -0.25) is 14.4 Å². The Balaban J connectivity index is 2.72. The van der Waals surface area contributed by atoms with Crippen LogP contribution in [0, 0.1) is 5.41 Å². The summed E-state index contributed by atoms with van der Waals surface area (Å²) in [6.07, 6.45) is 4.39. The molecule has 2 amide bonds. The molecule has 0 heterocycles. The minimum atomic E-state index is -0.945. The van der Waals surface area contributed by atoms with Crippen LogP contribution in [-0.2, 0) is 14.4 Å². The van der Waals surface area contributed by atoms with Crippen molar-refractivity contribution in [2.24, 2.45) is 11.1 Å². The van der Waals surface area contributed by atoms with Crippen molar-refractivity contribution in [2.75, 3.05) is 13.1 Å². The molecule has 0 bridgehead atoms. The molecule has 0 aromatic heterocycles. The van der Waals surface area contributed by atoms with Gasteiger partial charge >= 0.3 is 5.97 Å². The zero-order valence-electron chi connectivity index (χ0n) is 12.1. The van der Waals surface area contributed by atoms with E-state index in [9.17, 15) is 19.5 Å². The van der Waals surface area contributed by atoms with Crippen LogP contribution in [0.5, 0.6) is 0 Å². The summed E-state index contributed by atoms with van der Waals surface area (Å²) in [4.78, 5) is 36.2. The van der Waals surface area contributed by atoms with Crippen LogP contribution in [0.1, 0.15) is 51.9 Å². The largest absolute Gasteiger partial charge is 0.481 e. The highest BCUT2D eigenvalue weighted by Gasteiger charge is 2.43. The van der Waals surface area contributed by atoms with Gasteiger partial charge in [0.05, 0.1) is 12.0 Å². The summed E-state index contributed by atoms with van der Waals surface area (Å²) in [7, 11) is 0. The standard InChI is InChI=1S/C14H24N2O4/c1-2-3-8-16(10-11(15)17)12(18)9-14(13(19)20)6-4-5-7-14/h2-10H2,1H3,(H2,15,17)(H,19,20). The van der Waals surface area contributed by atoms with E-state index in [1.807, 2.05) is 6.92 Å². The van der Waals surface area contributed by atoms with Crippen molar-refractivity contribution < 1.29 is 19.5 Å². The van der Waals surface area contributed by atoms with Crippen LogP contribution < -0.4 is 5.73 Å². The maximum absolute atomic E-state index is 12.3. The molecule has 6 heteroatoms. The van der Waals surface area contributed by atoms with E-state index < -0.39 is 17.3 Å². The smallest absolute Gasteiger partial charge is 0.310 e. The number of hydrogen-bond acceptors (Lipinski definition) is 3. The molecule has 3 N–H and O–H groups in total. The van der Waals surface area contributed by atoms with Gasteiger partial charge in [0, 0.05) is 13.0 Å². The SMILES string of the molecule is CCCCN(CC(N)=O)C(=O)CC1(C(=O)O)CCCC1. The lowest BCUT2D eigenvalue weighted by Crippen LogP contribution is -2.42. The van der Waals surface area contributed by atoms with Gasteiger partial charge in [0.2, 0.25) is 11.8 Å². The lowest BCUT2D eigenvalue weighted by Gasteiger charge is -2.28. The third kappa shape index (κ3) is 4.21. The van der Waals surface area contributed by atoms with Crippen LogP contribution in [0.4, 0.5) is 0 Å². The highest BCUT2D eigenvalue weighted by atomic mass is 16.4. The molecule has 6 nitrogen and oxygen atoms in total. The fourth-order valence-electron chi connectivity index (χ4n) is 2.75. The second-order valence-electron chi connectivity index (χ2n) is 5.60. The molecule has 0 unspecified atom stereocenters. The number of nitrogens with zero attached hydrogens (tertiary/aromatic N) is 1. The monoisotopic (exact) mass is 284 g/mol. The Kier molecular flexibility index (Phi) is 5.98. The highest BCUT2D eigenvalue weighted by Crippen LogP contribution is 2.41. The second kappa shape index (κ2) is 7.26. The number of carbonyl (C=O) groups is 3. The summed E-state index contributed by atoms with van der Waals surface area (Å²) < 4.78 is 0. The van der Waals surface area contributed by atoms with Crippen LogP contribution in [0.3, 0.4) is 0 Å². The first-order valence-electron chi connectivity index (χ1n) is 7.21. The first-order chi connectivity index (χ1) is 9.41. The zero-order valence-corrected chi connectivity index (χ0v) is 12.1. The maximum Gasteiger partial charge on any atom is 0.310 e. The van der Waals surface area contributed by atoms with E-state index in [0.717, 1.165) is 25.7 Å². The first-order valence-corrected chi connectivity index (χ1v) is 7.21. The number of rotatable bonds is 8. The summed E-state index contributed by atoms with van der Waals surface area (Å²) in [5.74, 6) is -1.75. The molecule has 0 saturated heterocycles. The summed E-state index contributed by atoms with van der Waals surface area (Å²) in [6.45, 7) is 2.31. The Labute approximate surface area is 119 Å². The highest BCUT2D eigenvalue weighted by molar-refractivity contribution is 5.88. The summed E-state index contributed by atoms with van der Waals surface area (Å²) in [5.41, 5.74) is 4.21. The number of hydrogen-bond donors (Lipinski definition) is 2. The lowest BCUT2D eigenvalue weighted by atomic mass is 9.82. The van der Waals surface area contributed by atoms with E-state index in [4.69, 9.17) is 5.73 Å². The van der Waals surface area contributed by atoms with Crippen LogP contribution in [0.25, 0.3) is 0 Å². The topological polar surface area (TPSA) is 101 Å². The molecule has 1 fully saturated rings. The van der Waals surface area contributed by atoms with Crippen LogP contribution in [-0.4, -0.2) is 40.9 Å². The molecular formula is C14H24N2O4. The van der Waals surface area contributed by atoms with Gasteiger partial charge in [-0.05, 0) is 19.3 Å². The molecule has 1 aliphatic rings. The number of primary amides is 1. The lowest BCUT2D eigenvalue weighted by molar-refractivity contribution is -0.153. The molecule has 1 saturated carbocycles. The Morgan fingerprint density at radius 1 is 1.25 bits per heavy atom. The van der Waals surface area contributed by atoms with Gasteiger partial charge in [-0.1, -0.05) is 26.2 Å². The number of carbonyl (C=O) groups excluding carboxylic acids is 2. The Morgan fingerprint density at radius 3 is 2.30 bits per heavy atom. The first kappa shape index (κ1) is 16.5. The van der Waals surface area contributed by atoms with E-state index in [1.165, 1.54) is 4.90 Å². The summed E-state index contributed by atoms with van der Waals surface area (Å²) in [6, 6.07) is 0. The van der Waals surface area contributed by atoms with Crippen molar-refractivity contribution in [2.45, 2.75) is 51.9 Å². The maximum atomic E-state index is 12.3. The molecule has 0 radical (unpaired) electrons. The Morgan fingerprint density at radius 2 is 1.85 bits per heavy atom. The predicted octanol–water partition coefficient (Wildman–Crippen LogP) is 1.14. The zero-order chi connectivity index (χ0) is 15.2. The fraction of sp³-hybridized carbons (Fsp3) is 0.786. The number of amides is 2. The molecule has 0 aliphatic heterocycles. The van der Waals surface area contributed by atoms with Crippen LogP contribution >= 0.6 is 0 Å². The quantitative estimate of drug-likeness (QED) is 0.697. The minimum absolute atomic E-state index is 0.0284. The van der Waals surface area contributed by atoms with E-state index in [2.05, 4.69) is 0 Å². The van der Waals surface area contributed by atoms with Crippen molar-refractivity contribution in [3.05, 3.63) is 0 Å². The minimum Gasteiger partial charge on any atom is -0.481 e. The average molecular weight is 284 g/mol. The molecule has 0 aromatic carbocycles. The fourth-order valence-corrected chi connectivity index (χ4v) is 2.75. The molecule has 1 rings (SSSR count). The van der Waals surface area contributed by atoms with Gasteiger partial charge < -0.3 is 15.7 Å². The number of carboxylic acid groups (broad SMARTS) is 1. The third-order valence-electron chi connectivity index (χ3n) is 3.98. The average Bonchev–Trinajstić information content (AvgIpc) is 2.83. The number of nitrogens with two attached hydrogens (primary N) is 1. The molecule has 0 aromatic rings. The predicted molar refractivity (Wildman–Crippen MR) is 73.8 cm³/mol. The van der Waals surface area contributed by atoms with Crippen LogP contribution in [0.15, 0.2) is 0 Å². The van der Waals surface area contributed by atoms with E-state index in [0.29, 0.717) is 19.4 Å². The number of aliphatic carboxylic acids is 1. The number of carboxylic acids is 1. The van der Waals surface area contributed by atoms with Gasteiger partial charge in [-0.15, -0.1) is 0 Å². The van der Waals surface area contributed by atoms with E-state index in [1.54, 1.807) is 0 Å². The number of unbranched alkanes of at least 4 members (excludes halogenated alkanes) is 1. The molecule has 0 spiro atoms. The third-order valence-corrected chi connectivity index (χ3v) is 3.98. The van der Waals surface area contributed by atoms with Gasteiger partial charge in [-0.25, -0.2) is 0 Å². The Bertz CT molecular complexity index is 375. The molecule has 0 atom stereocenters. The second-order valence-corrected chi connectivity index (χ2v) is 5.60. The molecular weight excluding hydrogens is 260 g/mol. The van der Waals surface area contributed by atoms with Crippen molar-refractivity contribution >= 4 is 17.8 Å². The van der Waals surface area contributed by atoms with Crippen molar-refractivity contribution in [1.29, 1.82) is 0 Å². The summed E-state index contributed by atoms with van der Waals surface area (Å²) >= 11 is 0. The Hall–Kier alpha value is -1.59. The van der Waals surface area contributed by atoms with E-state index in [-0.39, 0.29) is 18.9 Å². The van der Waals surface area contributed by atoms with E-state index >= 15 is 0 Å². The summed E-state index contributed by atoms with van der Waals surface area (Å²) in [5, 5.41) is 9.39. The van der Waals surface area contributed by atoms with Gasteiger partial charge in [-0.2, -0.15) is 0 Å². The van der Waals surface area contributed by atoms with Gasteiger partial charge in [0.15, 0.2) is 0 Å². The van der Waals surface area contributed by atoms with Crippen molar-refractivity contribution in [1.82, 2.24) is 4.90 Å². The van der Waals surface area contributed by atoms with Crippen molar-refractivity contribution in [3.8, 4) is 0 Å². The molecule has 1 aliphatic carbocycles. The normalized spacial score (nSPS) is 16.9. The molecule has 114 valence electrons. The van der Waals surface area contributed by atoms with Gasteiger partial charge in [0.25, 0.3) is 0 Å². The van der Waals surface area contributed by atoms with Crippen LogP contribution in [0.2, 0.25) is 0 Å². The van der Waals surface area contributed by atoms with Crippen molar-refractivity contribution in [3.63, 3.8) is 0 Å². The molecule has 20 heavy (non-hydrogen) atoms. The van der Waals surface area contributed by atoms with Gasteiger partial charge in [0.1, 0.15) is 0 Å².